The molecular formula is C23H21F4N5O. The molecule has 0 aliphatic rings. The fourth-order valence-corrected chi connectivity index (χ4v) is 3.84. The Morgan fingerprint density at radius 1 is 1.18 bits per heavy atom. The molecule has 0 fully saturated rings. The van der Waals surface area contributed by atoms with Crippen molar-refractivity contribution in [2.75, 3.05) is 11.4 Å². The molecule has 2 aromatic heterocycles. The molecule has 0 saturated heterocycles. The molecule has 2 heterocycles. The van der Waals surface area contributed by atoms with Crippen LogP contribution in [0.2, 0.25) is 0 Å². The molecule has 0 saturated carbocycles. The van der Waals surface area contributed by atoms with E-state index in [4.69, 9.17) is 0 Å². The number of hydrogen-bond donors (Lipinski definition) is 1. The summed E-state index contributed by atoms with van der Waals surface area (Å²) in [5, 5.41) is 17.5. The van der Waals surface area contributed by atoms with Crippen molar-refractivity contribution in [1.82, 2.24) is 19.6 Å². The number of rotatable bonds is 6. The number of aliphatic hydroxyl groups excluding tert-OH is 1. The van der Waals surface area contributed by atoms with Crippen LogP contribution in [0.1, 0.15) is 25.2 Å². The second kappa shape index (κ2) is 8.78. The van der Waals surface area contributed by atoms with Crippen LogP contribution in [0, 0.1) is 18.6 Å². The second-order valence-electron chi connectivity index (χ2n) is 7.74. The highest BCUT2D eigenvalue weighted by Gasteiger charge is 2.24. The molecule has 0 amide bonds. The zero-order valence-electron chi connectivity index (χ0n) is 18.1. The average Bonchev–Trinajstić information content (AvgIpc) is 3.11. The number of fused-ring (bicyclic) bond motifs is 3. The van der Waals surface area contributed by atoms with Gasteiger partial charge in [0.25, 0.3) is 12.2 Å². The number of aromatic nitrogens is 4. The lowest BCUT2D eigenvalue weighted by molar-refractivity contribution is 0.158. The minimum Gasteiger partial charge on any atom is -0.389 e. The van der Waals surface area contributed by atoms with E-state index in [1.807, 2.05) is 0 Å². The summed E-state index contributed by atoms with van der Waals surface area (Å²) in [5.41, 5.74) is 1.34. The van der Waals surface area contributed by atoms with E-state index in [1.165, 1.54) is 34.7 Å². The molecule has 2 aromatic carbocycles. The van der Waals surface area contributed by atoms with Crippen molar-refractivity contribution >= 4 is 33.8 Å². The van der Waals surface area contributed by atoms with Gasteiger partial charge < -0.3 is 10.0 Å². The summed E-state index contributed by atoms with van der Waals surface area (Å²) in [5.74, 6) is -0.930. The third-order valence-electron chi connectivity index (χ3n) is 5.19. The molecule has 1 N–H and O–H groups in total. The maximum atomic E-state index is 15.0. The fraction of sp³-hybridized carbons (Fsp3) is 0.261. The molecule has 0 aliphatic carbocycles. The Hall–Kier alpha value is -3.53. The van der Waals surface area contributed by atoms with Crippen LogP contribution in [0.5, 0.6) is 0 Å². The lowest BCUT2D eigenvalue weighted by Gasteiger charge is -2.26. The molecule has 33 heavy (non-hydrogen) atoms. The first-order valence-electron chi connectivity index (χ1n) is 10.2. The number of halogens is 4. The molecule has 172 valence electrons. The topological polar surface area (TPSA) is 66.5 Å². The van der Waals surface area contributed by atoms with Crippen LogP contribution in [-0.4, -0.2) is 43.8 Å². The summed E-state index contributed by atoms with van der Waals surface area (Å²) in [4.78, 5) is 5.40. The number of aliphatic hydroxyl groups is 1. The van der Waals surface area contributed by atoms with Crippen molar-refractivity contribution in [3.05, 3.63) is 65.5 Å². The van der Waals surface area contributed by atoms with Crippen molar-refractivity contribution in [1.29, 1.82) is 0 Å². The van der Waals surface area contributed by atoms with Gasteiger partial charge in [0.15, 0.2) is 0 Å². The highest BCUT2D eigenvalue weighted by atomic mass is 19.3. The van der Waals surface area contributed by atoms with E-state index in [-0.39, 0.29) is 22.7 Å². The SMILES string of the molecule is CC(=C[C@@H](C)O)c1cc(F)cc(N(CC(F)F)c2nc3nnc(C)n3c3cccc(F)c23)c1. The molecule has 0 aliphatic heterocycles. The van der Waals surface area contributed by atoms with Crippen molar-refractivity contribution in [2.24, 2.45) is 0 Å². The Bertz CT molecular complexity index is 1370. The van der Waals surface area contributed by atoms with Crippen molar-refractivity contribution in [2.45, 2.75) is 33.3 Å². The van der Waals surface area contributed by atoms with Gasteiger partial charge in [-0.05, 0) is 62.2 Å². The highest BCUT2D eigenvalue weighted by Crippen LogP contribution is 2.35. The summed E-state index contributed by atoms with van der Waals surface area (Å²) < 4.78 is 58.5. The Labute approximate surface area is 186 Å². The Morgan fingerprint density at radius 2 is 1.94 bits per heavy atom. The largest absolute Gasteiger partial charge is 0.389 e. The van der Waals surface area contributed by atoms with Gasteiger partial charge in [-0.2, -0.15) is 4.98 Å². The first-order valence-corrected chi connectivity index (χ1v) is 10.2. The van der Waals surface area contributed by atoms with Crippen LogP contribution < -0.4 is 4.90 Å². The first-order chi connectivity index (χ1) is 15.7. The predicted octanol–water partition coefficient (Wildman–Crippen LogP) is 5.05. The molecule has 1 atom stereocenters. The molecular weight excluding hydrogens is 438 g/mol. The molecule has 0 spiro atoms. The molecule has 4 aromatic rings. The van der Waals surface area contributed by atoms with Crippen LogP contribution in [0.3, 0.4) is 0 Å². The second-order valence-corrected chi connectivity index (χ2v) is 7.74. The summed E-state index contributed by atoms with van der Waals surface area (Å²) in [6.45, 7) is 4.02. The van der Waals surface area contributed by atoms with Gasteiger partial charge in [0, 0.05) is 5.69 Å². The average molecular weight is 459 g/mol. The van der Waals surface area contributed by atoms with Crippen LogP contribution >= 0.6 is 0 Å². The van der Waals surface area contributed by atoms with E-state index >= 15 is 4.39 Å². The van der Waals surface area contributed by atoms with Crippen LogP contribution in [-0.2, 0) is 0 Å². The molecule has 4 rings (SSSR count). The van der Waals surface area contributed by atoms with Gasteiger partial charge in [0.1, 0.15) is 23.3 Å². The van der Waals surface area contributed by atoms with Crippen LogP contribution in [0.25, 0.3) is 22.3 Å². The monoisotopic (exact) mass is 459 g/mol. The standard InChI is InChI=1S/C23H21F4N5O/c1-12(7-13(2)33)15-8-16(24)10-17(9-15)31(11-20(26)27)22-21-18(25)5-4-6-19(21)32-14(3)29-30-23(32)28-22/h4-10,13,20,33H,11H2,1-3H3/t13-/m1/s1. The van der Waals surface area contributed by atoms with E-state index in [0.717, 1.165) is 11.0 Å². The summed E-state index contributed by atoms with van der Waals surface area (Å²) in [7, 11) is 0. The minimum absolute atomic E-state index is 0.0180. The number of alkyl halides is 2. The van der Waals surface area contributed by atoms with Gasteiger partial charge in [-0.1, -0.05) is 12.1 Å². The maximum absolute atomic E-state index is 15.0. The smallest absolute Gasteiger partial charge is 0.257 e. The van der Waals surface area contributed by atoms with Gasteiger partial charge in [-0.15, -0.1) is 10.2 Å². The van der Waals surface area contributed by atoms with Crippen LogP contribution in [0.4, 0.5) is 29.1 Å². The number of allylic oxidation sites excluding steroid dienone is 1. The lowest BCUT2D eigenvalue weighted by atomic mass is 10.0. The Kier molecular flexibility index (Phi) is 6.03. The molecule has 0 bridgehead atoms. The quantitative estimate of drug-likeness (QED) is 0.409. The van der Waals surface area contributed by atoms with Gasteiger partial charge in [0.2, 0.25) is 0 Å². The van der Waals surface area contributed by atoms with E-state index in [1.54, 1.807) is 26.8 Å². The lowest BCUT2D eigenvalue weighted by Crippen LogP contribution is -2.26. The number of aryl methyl sites for hydroxylation is 1. The van der Waals surface area contributed by atoms with Crippen molar-refractivity contribution in [3.63, 3.8) is 0 Å². The third kappa shape index (κ3) is 4.38. The molecule has 0 unspecified atom stereocenters. The van der Waals surface area contributed by atoms with Crippen molar-refractivity contribution < 1.29 is 22.7 Å². The summed E-state index contributed by atoms with van der Waals surface area (Å²) in [6, 6.07) is 8.10. The number of hydrogen-bond acceptors (Lipinski definition) is 5. The zero-order valence-corrected chi connectivity index (χ0v) is 18.1. The minimum atomic E-state index is -2.83. The van der Waals surface area contributed by atoms with Gasteiger partial charge in [-0.3, -0.25) is 4.40 Å². The van der Waals surface area contributed by atoms with E-state index < -0.39 is 30.7 Å². The predicted molar refractivity (Wildman–Crippen MR) is 118 cm³/mol. The Balaban J connectivity index is 2.01. The van der Waals surface area contributed by atoms with Gasteiger partial charge in [-0.25, -0.2) is 17.6 Å². The van der Waals surface area contributed by atoms with Crippen molar-refractivity contribution in [3.8, 4) is 0 Å². The summed E-state index contributed by atoms with van der Waals surface area (Å²) >= 11 is 0. The third-order valence-corrected chi connectivity index (χ3v) is 5.19. The van der Waals surface area contributed by atoms with Gasteiger partial charge in [0.05, 0.1) is 23.6 Å². The summed E-state index contributed by atoms with van der Waals surface area (Å²) in [6.07, 6.45) is -2.11. The van der Waals surface area contributed by atoms with Gasteiger partial charge >= 0.3 is 0 Å². The van der Waals surface area contributed by atoms with Crippen LogP contribution in [0.15, 0.2) is 42.5 Å². The van der Waals surface area contributed by atoms with E-state index in [9.17, 15) is 18.3 Å². The highest BCUT2D eigenvalue weighted by molar-refractivity contribution is 5.94. The Morgan fingerprint density at radius 3 is 2.64 bits per heavy atom. The first kappa shape index (κ1) is 22.7. The normalized spacial score (nSPS) is 13.3. The fourth-order valence-electron chi connectivity index (χ4n) is 3.84. The maximum Gasteiger partial charge on any atom is 0.257 e. The number of nitrogens with zero attached hydrogens (tertiary/aromatic N) is 5. The van der Waals surface area contributed by atoms with E-state index in [2.05, 4.69) is 15.2 Å². The molecule has 6 nitrogen and oxygen atoms in total. The zero-order chi connectivity index (χ0) is 23.9. The van der Waals surface area contributed by atoms with E-state index in [0.29, 0.717) is 22.5 Å². The number of benzene rings is 2. The molecule has 10 heteroatoms. The number of anilines is 2. The molecule has 0 radical (unpaired) electrons.